The lowest BCUT2D eigenvalue weighted by Gasteiger charge is -2.13. The van der Waals surface area contributed by atoms with Crippen LogP contribution in [-0.4, -0.2) is 33.0 Å². The van der Waals surface area contributed by atoms with Crippen LogP contribution in [0.1, 0.15) is 24.4 Å². The standard InChI is InChI=1S/C16H18N2O7S/c1-3-23-12-6-4-11(5-7-12)18-15(19)10(2)24-16(20)13-8-9-14(25-13)26(17,21)22/h4-10H,3H2,1-2H3,(H,18,19)(H2,17,21,22). The van der Waals surface area contributed by atoms with E-state index in [1.807, 2.05) is 6.92 Å². The average molecular weight is 382 g/mol. The molecule has 2 rings (SSSR count). The first-order chi connectivity index (χ1) is 12.2. The van der Waals surface area contributed by atoms with Gasteiger partial charge in [-0.25, -0.2) is 18.4 Å². The Balaban J connectivity index is 1.95. The summed E-state index contributed by atoms with van der Waals surface area (Å²) < 4.78 is 37.3. The largest absolute Gasteiger partial charge is 0.494 e. The number of anilines is 1. The van der Waals surface area contributed by atoms with Crippen LogP contribution >= 0.6 is 0 Å². The maximum absolute atomic E-state index is 12.1. The van der Waals surface area contributed by atoms with Crippen LogP contribution < -0.4 is 15.2 Å². The second-order valence-electron chi connectivity index (χ2n) is 5.16. The molecule has 1 aromatic carbocycles. The van der Waals surface area contributed by atoms with E-state index >= 15 is 0 Å². The summed E-state index contributed by atoms with van der Waals surface area (Å²) in [6.45, 7) is 3.75. The van der Waals surface area contributed by atoms with Gasteiger partial charge in [0.25, 0.3) is 15.9 Å². The number of hydrogen-bond acceptors (Lipinski definition) is 7. The molecule has 0 aliphatic carbocycles. The molecule has 0 aliphatic rings. The van der Waals surface area contributed by atoms with Gasteiger partial charge in [0.05, 0.1) is 6.61 Å². The van der Waals surface area contributed by atoms with E-state index in [4.69, 9.17) is 19.0 Å². The van der Waals surface area contributed by atoms with E-state index in [1.54, 1.807) is 24.3 Å². The Morgan fingerprint density at radius 3 is 2.38 bits per heavy atom. The van der Waals surface area contributed by atoms with Gasteiger partial charge in [-0.1, -0.05) is 0 Å². The van der Waals surface area contributed by atoms with Crippen molar-refractivity contribution in [2.24, 2.45) is 5.14 Å². The lowest BCUT2D eigenvalue weighted by atomic mass is 10.3. The van der Waals surface area contributed by atoms with Crippen LogP contribution in [0.25, 0.3) is 0 Å². The molecule has 1 unspecified atom stereocenters. The Kier molecular flexibility index (Phi) is 6.01. The summed E-state index contributed by atoms with van der Waals surface area (Å²) in [4.78, 5) is 24.0. The molecule has 1 heterocycles. The molecule has 0 saturated carbocycles. The summed E-state index contributed by atoms with van der Waals surface area (Å²) in [5.74, 6) is -1.28. The highest BCUT2D eigenvalue weighted by Crippen LogP contribution is 2.17. The van der Waals surface area contributed by atoms with Crippen LogP contribution in [0.5, 0.6) is 5.75 Å². The molecular weight excluding hydrogens is 364 g/mol. The summed E-state index contributed by atoms with van der Waals surface area (Å²) in [7, 11) is -4.07. The van der Waals surface area contributed by atoms with Crippen molar-refractivity contribution in [3.8, 4) is 5.75 Å². The average Bonchev–Trinajstić information content (AvgIpc) is 3.07. The summed E-state index contributed by atoms with van der Waals surface area (Å²) >= 11 is 0. The second-order valence-corrected chi connectivity index (χ2v) is 6.65. The quantitative estimate of drug-likeness (QED) is 0.692. The van der Waals surface area contributed by atoms with Crippen LogP contribution in [0, 0.1) is 0 Å². The number of carbonyl (C=O) groups is 2. The Hall–Kier alpha value is -2.85. The van der Waals surface area contributed by atoms with Gasteiger partial charge in [-0.3, -0.25) is 4.79 Å². The number of sulfonamides is 1. The van der Waals surface area contributed by atoms with E-state index in [-0.39, 0.29) is 5.76 Å². The van der Waals surface area contributed by atoms with Crippen molar-refractivity contribution in [2.75, 3.05) is 11.9 Å². The number of amides is 1. The molecule has 0 saturated heterocycles. The van der Waals surface area contributed by atoms with Gasteiger partial charge in [0.15, 0.2) is 6.10 Å². The third kappa shape index (κ3) is 5.07. The number of furan rings is 1. The molecule has 0 spiro atoms. The summed E-state index contributed by atoms with van der Waals surface area (Å²) in [6, 6.07) is 8.78. The van der Waals surface area contributed by atoms with Gasteiger partial charge in [-0.15, -0.1) is 0 Å². The molecule has 140 valence electrons. The van der Waals surface area contributed by atoms with Crippen molar-refractivity contribution in [1.29, 1.82) is 0 Å². The maximum atomic E-state index is 12.1. The van der Waals surface area contributed by atoms with Gasteiger partial charge in [0.1, 0.15) is 5.75 Å². The minimum absolute atomic E-state index is 0.380. The van der Waals surface area contributed by atoms with Crippen molar-refractivity contribution < 1.29 is 31.9 Å². The van der Waals surface area contributed by atoms with Crippen molar-refractivity contribution in [3.05, 3.63) is 42.2 Å². The van der Waals surface area contributed by atoms with E-state index in [0.717, 1.165) is 12.1 Å². The molecule has 9 nitrogen and oxygen atoms in total. The number of nitrogens with one attached hydrogen (secondary N) is 1. The fourth-order valence-electron chi connectivity index (χ4n) is 1.90. The molecule has 0 bridgehead atoms. The number of hydrogen-bond donors (Lipinski definition) is 2. The third-order valence-electron chi connectivity index (χ3n) is 3.15. The zero-order valence-corrected chi connectivity index (χ0v) is 14.9. The third-order valence-corrected chi connectivity index (χ3v) is 3.93. The van der Waals surface area contributed by atoms with E-state index in [9.17, 15) is 18.0 Å². The lowest BCUT2D eigenvalue weighted by Crippen LogP contribution is -2.29. The molecule has 3 N–H and O–H groups in total. The van der Waals surface area contributed by atoms with Crippen molar-refractivity contribution in [1.82, 2.24) is 0 Å². The van der Waals surface area contributed by atoms with E-state index in [2.05, 4.69) is 5.32 Å². The zero-order chi connectivity index (χ0) is 19.3. The number of carbonyl (C=O) groups excluding carboxylic acids is 2. The predicted octanol–water partition coefficient (Wildman–Crippen LogP) is 1.51. The maximum Gasteiger partial charge on any atom is 0.375 e. The van der Waals surface area contributed by atoms with E-state index in [0.29, 0.717) is 18.0 Å². The first-order valence-corrected chi connectivity index (χ1v) is 9.12. The van der Waals surface area contributed by atoms with E-state index < -0.39 is 33.1 Å². The summed E-state index contributed by atoms with van der Waals surface area (Å²) in [5.41, 5.74) is 0.496. The smallest absolute Gasteiger partial charge is 0.375 e. The van der Waals surface area contributed by atoms with Crippen molar-refractivity contribution in [3.63, 3.8) is 0 Å². The molecule has 10 heteroatoms. The van der Waals surface area contributed by atoms with Crippen molar-refractivity contribution >= 4 is 27.6 Å². The van der Waals surface area contributed by atoms with Gasteiger partial charge in [0, 0.05) is 5.69 Å². The lowest BCUT2D eigenvalue weighted by molar-refractivity contribution is -0.123. The fourth-order valence-corrected chi connectivity index (χ4v) is 2.36. The van der Waals surface area contributed by atoms with Gasteiger partial charge in [0.2, 0.25) is 10.9 Å². The van der Waals surface area contributed by atoms with Crippen LogP contribution in [0.2, 0.25) is 0 Å². The fraction of sp³-hybridized carbons (Fsp3) is 0.250. The highest BCUT2D eigenvalue weighted by atomic mass is 32.2. The number of primary sulfonamides is 1. The van der Waals surface area contributed by atoms with Gasteiger partial charge in [-0.2, -0.15) is 0 Å². The number of benzene rings is 1. The molecular formula is C16H18N2O7S. The highest BCUT2D eigenvalue weighted by Gasteiger charge is 2.23. The second kappa shape index (κ2) is 8.02. The molecule has 2 aromatic rings. The van der Waals surface area contributed by atoms with Crippen LogP contribution in [0.4, 0.5) is 5.69 Å². The summed E-state index contributed by atoms with van der Waals surface area (Å²) in [5, 5.41) is 6.89. The molecule has 1 aromatic heterocycles. The molecule has 1 amide bonds. The molecule has 0 radical (unpaired) electrons. The topological polar surface area (TPSA) is 138 Å². The Labute approximate surface area is 150 Å². The number of nitrogens with two attached hydrogens (primary N) is 1. The first kappa shape index (κ1) is 19.5. The van der Waals surface area contributed by atoms with Gasteiger partial charge >= 0.3 is 5.97 Å². The van der Waals surface area contributed by atoms with Crippen LogP contribution in [0.15, 0.2) is 45.9 Å². The molecule has 1 atom stereocenters. The normalized spacial score (nSPS) is 12.3. The number of esters is 1. The van der Waals surface area contributed by atoms with Crippen molar-refractivity contribution in [2.45, 2.75) is 25.0 Å². The van der Waals surface area contributed by atoms with Crippen LogP contribution in [-0.2, 0) is 19.6 Å². The van der Waals surface area contributed by atoms with Crippen LogP contribution in [0.3, 0.4) is 0 Å². The SMILES string of the molecule is CCOc1ccc(NC(=O)C(C)OC(=O)c2ccc(S(N)(=O)=O)o2)cc1. The molecule has 26 heavy (non-hydrogen) atoms. The van der Waals surface area contributed by atoms with Gasteiger partial charge in [-0.05, 0) is 50.2 Å². The Morgan fingerprint density at radius 1 is 1.19 bits per heavy atom. The molecule has 0 fully saturated rings. The zero-order valence-electron chi connectivity index (χ0n) is 14.1. The molecule has 0 aliphatic heterocycles. The monoisotopic (exact) mass is 382 g/mol. The summed E-state index contributed by atoms with van der Waals surface area (Å²) in [6.07, 6.45) is -1.14. The number of ether oxygens (including phenoxy) is 2. The Bertz CT molecular complexity index is 888. The minimum Gasteiger partial charge on any atom is -0.494 e. The first-order valence-electron chi connectivity index (χ1n) is 7.58. The number of rotatable bonds is 7. The predicted molar refractivity (Wildman–Crippen MR) is 91.2 cm³/mol. The minimum atomic E-state index is -4.07. The van der Waals surface area contributed by atoms with Gasteiger partial charge < -0.3 is 19.2 Å². The van der Waals surface area contributed by atoms with E-state index in [1.165, 1.54) is 6.92 Å². The highest BCUT2D eigenvalue weighted by molar-refractivity contribution is 7.89. The Morgan fingerprint density at radius 2 is 1.85 bits per heavy atom.